The zero-order valence-corrected chi connectivity index (χ0v) is 8.09. The molecule has 0 amide bonds. The van der Waals surface area contributed by atoms with Crippen LogP contribution in [0, 0.1) is 0 Å². The number of alkyl halides is 1. The molecule has 3 heteroatoms. The summed E-state index contributed by atoms with van der Waals surface area (Å²) in [5.41, 5.74) is 0.873. The second-order valence-electron chi connectivity index (χ2n) is 2.45. The topological polar surface area (TPSA) is 15.8 Å². The van der Waals surface area contributed by atoms with E-state index in [4.69, 9.17) is 0 Å². The van der Waals surface area contributed by atoms with Crippen molar-refractivity contribution in [3.05, 3.63) is 30.5 Å². The Bertz CT molecular complexity index is 383. The van der Waals surface area contributed by atoms with Gasteiger partial charge in [-0.1, -0.05) is 0 Å². The number of aromatic amines is 1. The maximum atomic E-state index is 12.1. The van der Waals surface area contributed by atoms with Gasteiger partial charge in [-0.3, -0.25) is 0 Å². The van der Waals surface area contributed by atoms with Crippen LogP contribution in [0.2, 0.25) is 0 Å². The predicted octanol–water partition coefficient (Wildman–Crippen LogP) is 1.42. The quantitative estimate of drug-likeness (QED) is 0.748. The second kappa shape index (κ2) is 3.30. The zero-order valence-electron chi connectivity index (χ0n) is 6.38. The summed E-state index contributed by atoms with van der Waals surface area (Å²) in [6.45, 7) is 0. The van der Waals surface area contributed by atoms with E-state index in [0.717, 1.165) is 15.4 Å². The van der Waals surface area contributed by atoms with Crippen LogP contribution >= 0.6 is 0 Å². The molecule has 1 N–H and O–H groups in total. The molecular weight excluding hydrogens is 220 g/mol. The standard InChI is InChI=1S/C9H8FNSe/c10-6-12-9-5-11-8-4-2-1-3-7(8)9/h1-5,11H,6H2. The molecule has 0 saturated heterocycles. The first-order valence-electron chi connectivity index (χ1n) is 3.66. The number of hydrogen-bond donors (Lipinski definition) is 1. The number of halogens is 1. The van der Waals surface area contributed by atoms with E-state index in [1.807, 2.05) is 30.5 Å². The van der Waals surface area contributed by atoms with E-state index in [0.29, 0.717) is 0 Å². The molecule has 12 heavy (non-hydrogen) atoms. The third-order valence-electron chi connectivity index (χ3n) is 1.76. The average Bonchev–Trinajstić information content (AvgIpc) is 2.50. The molecule has 0 aliphatic rings. The van der Waals surface area contributed by atoms with E-state index in [2.05, 4.69) is 4.98 Å². The van der Waals surface area contributed by atoms with Crippen molar-refractivity contribution in [2.75, 3.05) is 5.57 Å². The zero-order chi connectivity index (χ0) is 8.39. The Kier molecular flexibility index (Phi) is 2.15. The number of rotatable bonds is 2. The van der Waals surface area contributed by atoms with E-state index in [9.17, 15) is 4.39 Å². The number of benzene rings is 1. The van der Waals surface area contributed by atoms with Gasteiger partial charge in [0.05, 0.1) is 0 Å². The third-order valence-corrected chi connectivity index (χ3v) is 3.35. The molecular formula is C9H8FNSe. The van der Waals surface area contributed by atoms with Crippen LogP contribution in [-0.2, 0) is 0 Å². The number of aromatic nitrogens is 1. The Balaban J connectivity index is 2.55. The predicted molar refractivity (Wildman–Crippen MR) is 49.7 cm³/mol. The van der Waals surface area contributed by atoms with Gasteiger partial charge >= 0.3 is 75.7 Å². The molecule has 62 valence electrons. The Morgan fingerprint density at radius 2 is 2.17 bits per heavy atom. The molecule has 1 aromatic heterocycles. The minimum absolute atomic E-state index is 0.0282. The molecule has 1 aromatic carbocycles. The molecule has 1 nitrogen and oxygen atoms in total. The monoisotopic (exact) mass is 229 g/mol. The van der Waals surface area contributed by atoms with Crippen LogP contribution in [0.15, 0.2) is 30.5 Å². The molecule has 0 spiro atoms. The summed E-state index contributed by atoms with van der Waals surface area (Å²) in [5.74, 6) is 0. The van der Waals surface area contributed by atoms with Gasteiger partial charge in [0, 0.05) is 0 Å². The van der Waals surface area contributed by atoms with Crippen molar-refractivity contribution >= 4 is 30.3 Å². The summed E-state index contributed by atoms with van der Waals surface area (Å²) >= 11 is -0.0282. The van der Waals surface area contributed by atoms with E-state index in [1.165, 1.54) is 0 Å². The molecule has 1 heterocycles. The first-order chi connectivity index (χ1) is 5.92. The van der Waals surface area contributed by atoms with Crippen molar-refractivity contribution in [3.63, 3.8) is 0 Å². The molecule has 0 radical (unpaired) electrons. The van der Waals surface area contributed by atoms with E-state index >= 15 is 0 Å². The van der Waals surface area contributed by atoms with Crippen molar-refractivity contribution in [3.8, 4) is 0 Å². The van der Waals surface area contributed by atoms with Crippen LogP contribution in [0.1, 0.15) is 0 Å². The van der Waals surface area contributed by atoms with Crippen LogP contribution < -0.4 is 4.46 Å². The molecule has 0 aliphatic carbocycles. The molecule has 0 fully saturated rings. The number of H-pyrrole nitrogens is 1. The summed E-state index contributed by atoms with van der Waals surface area (Å²) < 4.78 is 13.2. The van der Waals surface area contributed by atoms with Crippen LogP contribution in [-0.4, -0.2) is 25.5 Å². The fraction of sp³-hybridized carbons (Fsp3) is 0.111. The van der Waals surface area contributed by atoms with Crippen molar-refractivity contribution in [1.29, 1.82) is 0 Å². The number of nitrogens with one attached hydrogen (secondary N) is 1. The van der Waals surface area contributed by atoms with Crippen molar-refractivity contribution < 1.29 is 4.39 Å². The number of para-hydroxylation sites is 1. The molecule has 2 rings (SSSR count). The van der Waals surface area contributed by atoms with Gasteiger partial charge in [-0.15, -0.1) is 0 Å². The van der Waals surface area contributed by atoms with Crippen molar-refractivity contribution in [1.82, 2.24) is 4.98 Å². The van der Waals surface area contributed by atoms with Crippen LogP contribution in [0.25, 0.3) is 10.9 Å². The molecule has 0 aliphatic heterocycles. The van der Waals surface area contributed by atoms with Gasteiger partial charge in [-0.05, 0) is 0 Å². The fourth-order valence-corrected chi connectivity index (χ4v) is 2.47. The van der Waals surface area contributed by atoms with Gasteiger partial charge < -0.3 is 0 Å². The maximum absolute atomic E-state index is 12.1. The Morgan fingerprint density at radius 1 is 1.33 bits per heavy atom. The summed E-state index contributed by atoms with van der Waals surface area (Å²) in [5, 5.41) is 1.16. The fourth-order valence-electron chi connectivity index (χ4n) is 1.22. The Hall–Kier alpha value is -0.791. The van der Waals surface area contributed by atoms with Gasteiger partial charge in [-0.25, -0.2) is 0 Å². The number of fused-ring (bicyclic) bond motifs is 1. The molecule has 2 aromatic rings. The average molecular weight is 228 g/mol. The summed E-state index contributed by atoms with van der Waals surface area (Å²) in [6, 6.07) is 7.99. The van der Waals surface area contributed by atoms with E-state index in [-0.39, 0.29) is 20.5 Å². The van der Waals surface area contributed by atoms with Crippen LogP contribution in [0.4, 0.5) is 4.39 Å². The minimum atomic E-state index is -0.227. The first kappa shape index (κ1) is 7.84. The van der Waals surface area contributed by atoms with Gasteiger partial charge in [0.2, 0.25) is 0 Å². The second-order valence-corrected chi connectivity index (χ2v) is 4.44. The SMILES string of the molecule is FC[Se]c1c[nH]c2ccccc12. The van der Waals surface area contributed by atoms with Gasteiger partial charge in [0.15, 0.2) is 0 Å². The van der Waals surface area contributed by atoms with E-state index in [1.54, 1.807) is 0 Å². The normalized spacial score (nSPS) is 10.8. The summed E-state index contributed by atoms with van der Waals surface area (Å²) in [7, 11) is 0. The Labute approximate surface area is 76.1 Å². The Morgan fingerprint density at radius 3 is 3.00 bits per heavy atom. The van der Waals surface area contributed by atoms with Crippen molar-refractivity contribution in [2.24, 2.45) is 0 Å². The van der Waals surface area contributed by atoms with Crippen molar-refractivity contribution in [2.45, 2.75) is 0 Å². The molecule has 0 saturated carbocycles. The van der Waals surface area contributed by atoms with Crippen LogP contribution in [0.5, 0.6) is 0 Å². The molecule has 0 bridgehead atoms. The van der Waals surface area contributed by atoms with Crippen LogP contribution in [0.3, 0.4) is 0 Å². The summed E-state index contributed by atoms with van der Waals surface area (Å²) in [6.07, 6.45) is 1.91. The third kappa shape index (κ3) is 1.26. The first-order valence-corrected chi connectivity index (χ1v) is 5.73. The van der Waals surface area contributed by atoms with E-state index < -0.39 is 0 Å². The van der Waals surface area contributed by atoms with Gasteiger partial charge in [0.1, 0.15) is 0 Å². The van der Waals surface area contributed by atoms with Gasteiger partial charge in [-0.2, -0.15) is 0 Å². The molecule has 0 unspecified atom stereocenters. The number of hydrogen-bond acceptors (Lipinski definition) is 0. The summed E-state index contributed by atoms with van der Waals surface area (Å²) in [4.78, 5) is 3.12. The van der Waals surface area contributed by atoms with Gasteiger partial charge in [0.25, 0.3) is 0 Å². The molecule has 0 atom stereocenters.